The number of nitrogens with one attached hydrogen (secondary N) is 2. The first-order valence-corrected chi connectivity index (χ1v) is 11.1. The maximum Gasteiger partial charge on any atom is 0.243 e. The molecular weight excluding hydrogens is 406 g/mol. The fraction of sp³-hybridized carbons (Fsp3) is 0.190. The van der Waals surface area contributed by atoms with Gasteiger partial charge in [0.25, 0.3) is 0 Å². The van der Waals surface area contributed by atoms with E-state index in [4.69, 9.17) is 17.0 Å². The zero-order chi connectivity index (χ0) is 20.3. The fourth-order valence-corrected chi connectivity index (χ4v) is 4.85. The molecular formula is C21H21N3O3S2. The van der Waals surface area contributed by atoms with E-state index in [2.05, 4.69) is 16.7 Å². The Balaban J connectivity index is 1.41. The molecule has 1 saturated heterocycles. The minimum Gasteiger partial charge on any atom is -0.379 e. The molecule has 4 rings (SSSR count). The molecule has 0 bridgehead atoms. The molecule has 150 valence electrons. The highest BCUT2D eigenvalue weighted by atomic mass is 32.2. The molecule has 1 aliphatic rings. The Bertz CT molecular complexity index is 1130. The fourth-order valence-electron chi connectivity index (χ4n) is 3.21. The lowest BCUT2D eigenvalue weighted by atomic mass is 10.1. The molecule has 0 aromatic heterocycles. The lowest BCUT2D eigenvalue weighted by molar-refractivity contribution is 0.0730. The molecule has 0 amide bonds. The quantitative estimate of drug-likeness (QED) is 0.619. The predicted molar refractivity (Wildman–Crippen MR) is 120 cm³/mol. The third-order valence-electron chi connectivity index (χ3n) is 4.73. The van der Waals surface area contributed by atoms with E-state index in [9.17, 15) is 8.42 Å². The van der Waals surface area contributed by atoms with Crippen LogP contribution in [-0.4, -0.2) is 44.1 Å². The maximum absolute atomic E-state index is 12.7. The number of hydrogen-bond donors (Lipinski definition) is 2. The van der Waals surface area contributed by atoms with Crippen molar-refractivity contribution >= 4 is 49.5 Å². The Morgan fingerprint density at radius 1 is 0.862 bits per heavy atom. The van der Waals surface area contributed by atoms with Crippen LogP contribution in [0.1, 0.15) is 0 Å². The molecule has 29 heavy (non-hydrogen) atoms. The number of anilines is 2. The SMILES string of the molecule is O=S(=O)(c1ccc(NC(=S)Nc2ccc3ccccc3c2)cc1)N1CCOCC1. The highest BCUT2D eigenvalue weighted by Crippen LogP contribution is 2.21. The summed E-state index contributed by atoms with van der Waals surface area (Å²) < 4.78 is 32.0. The standard InChI is InChI=1S/C21H21N3O3S2/c25-29(26,24-11-13-27-14-12-24)20-9-7-18(8-10-20)22-21(28)23-19-6-5-16-3-1-2-4-17(16)15-19/h1-10,15H,11-14H2,(H2,22,23,28). The van der Waals surface area contributed by atoms with Crippen LogP contribution in [0, 0.1) is 0 Å². The second-order valence-electron chi connectivity index (χ2n) is 6.68. The summed E-state index contributed by atoms with van der Waals surface area (Å²) in [6.07, 6.45) is 0. The number of ether oxygens (including phenoxy) is 1. The van der Waals surface area contributed by atoms with E-state index < -0.39 is 10.0 Å². The zero-order valence-corrected chi connectivity index (χ0v) is 17.3. The Labute approximate surface area is 175 Å². The van der Waals surface area contributed by atoms with Gasteiger partial charge in [-0.15, -0.1) is 0 Å². The van der Waals surface area contributed by atoms with Crippen LogP contribution in [0.25, 0.3) is 10.8 Å². The number of morpholine rings is 1. The van der Waals surface area contributed by atoms with Crippen LogP contribution < -0.4 is 10.6 Å². The number of fused-ring (bicyclic) bond motifs is 1. The van der Waals surface area contributed by atoms with Crippen LogP contribution in [0.15, 0.2) is 71.6 Å². The molecule has 1 aliphatic heterocycles. The van der Waals surface area contributed by atoms with Crippen molar-refractivity contribution in [3.63, 3.8) is 0 Å². The first kappa shape index (κ1) is 19.8. The zero-order valence-electron chi connectivity index (χ0n) is 15.7. The number of nitrogens with zero attached hydrogens (tertiary/aromatic N) is 1. The van der Waals surface area contributed by atoms with Gasteiger partial charge in [0.1, 0.15) is 0 Å². The Kier molecular flexibility index (Phi) is 5.77. The molecule has 2 N–H and O–H groups in total. The van der Waals surface area contributed by atoms with Gasteiger partial charge in [-0.1, -0.05) is 30.3 Å². The third-order valence-corrected chi connectivity index (χ3v) is 6.84. The smallest absolute Gasteiger partial charge is 0.243 e. The van der Waals surface area contributed by atoms with Gasteiger partial charge in [0.15, 0.2) is 5.11 Å². The lowest BCUT2D eigenvalue weighted by Gasteiger charge is -2.26. The van der Waals surface area contributed by atoms with Gasteiger partial charge in [-0.25, -0.2) is 8.42 Å². The summed E-state index contributed by atoms with van der Waals surface area (Å²) in [6, 6.07) is 20.7. The van der Waals surface area contributed by atoms with E-state index in [0.717, 1.165) is 16.5 Å². The third kappa shape index (κ3) is 4.56. The van der Waals surface area contributed by atoms with Gasteiger partial charge in [-0.05, 0) is 59.4 Å². The van der Waals surface area contributed by atoms with Crippen molar-refractivity contribution in [1.29, 1.82) is 0 Å². The highest BCUT2D eigenvalue weighted by molar-refractivity contribution is 7.89. The number of sulfonamides is 1. The van der Waals surface area contributed by atoms with Gasteiger partial charge >= 0.3 is 0 Å². The molecule has 1 heterocycles. The second-order valence-corrected chi connectivity index (χ2v) is 9.03. The van der Waals surface area contributed by atoms with E-state index in [0.29, 0.717) is 37.1 Å². The summed E-state index contributed by atoms with van der Waals surface area (Å²) in [5.74, 6) is 0. The summed E-state index contributed by atoms with van der Waals surface area (Å²) in [6.45, 7) is 1.60. The normalized spacial score (nSPS) is 15.2. The van der Waals surface area contributed by atoms with E-state index in [-0.39, 0.29) is 4.90 Å². The molecule has 3 aromatic rings. The first-order valence-electron chi connectivity index (χ1n) is 9.27. The summed E-state index contributed by atoms with van der Waals surface area (Å²) >= 11 is 5.39. The van der Waals surface area contributed by atoms with Crippen LogP contribution >= 0.6 is 12.2 Å². The summed E-state index contributed by atoms with van der Waals surface area (Å²) in [4.78, 5) is 0.262. The van der Waals surface area contributed by atoms with Gasteiger partial charge in [-0.3, -0.25) is 0 Å². The average Bonchev–Trinajstić information content (AvgIpc) is 2.74. The Morgan fingerprint density at radius 2 is 1.48 bits per heavy atom. The molecule has 1 fully saturated rings. The molecule has 0 saturated carbocycles. The monoisotopic (exact) mass is 427 g/mol. The van der Waals surface area contributed by atoms with Gasteiger partial charge < -0.3 is 15.4 Å². The van der Waals surface area contributed by atoms with Crippen molar-refractivity contribution in [1.82, 2.24) is 4.31 Å². The molecule has 0 atom stereocenters. The molecule has 0 aliphatic carbocycles. The van der Waals surface area contributed by atoms with Crippen molar-refractivity contribution < 1.29 is 13.2 Å². The molecule has 0 spiro atoms. The van der Waals surface area contributed by atoms with Gasteiger partial charge in [0, 0.05) is 24.5 Å². The molecule has 3 aromatic carbocycles. The first-order chi connectivity index (χ1) is 14.0. The maximum atomic E-state index is 12.7. The van der Waals surface area contributed by atoms with Crippen LogP contribution in [0.4, 0.5) is 11.4 Å². The van der Waals surface area contributed by atoms with Crippen molar-refractivity contribution in [2.24, 2.45) is 0 Å². The van der Waals surface area contributed by atoms with Gasteiger partial charge in [0.05, 0.1) is 18.1 Å². The number of benzene rings is 3. The number of hydrogen-bond acceptors (Lipinski definition) is 4. The molecule has 0 unspecified atom stereocenters. The largest absolute Gasteiger partial charge is 0.379 e. The number of thiocarbonyl (C=S) groups is 1. The number of rotatable bonds is 4. The lowest BCUT2D eigenvalue weighted by Crippen LogP contribution is -2.40. The molecule has 6 nitrogen and oxygen atoms in total. The predicted octanol–water partition coefficient (Wildman–Crippen LogP) is 3.67. The minimum absolute atomic E-state index is 0.262. The van der Waals surface area contributed by atoms with Crippen molar-refractivity contribution in [2.45, 2.75) is 4.90 Å². The van der Waals surface area contributed by atoms with Crippen LogP contribution in [0.3, 0.4) is 0 Å². The van der Waals surface area contributed by atoms with Crippen LogP contribution in [-0.2, 0) is 14.8 Å². The van der Waals surface area contributed by atoms with Crippen molar-refractivity contribution in [3.05, 3.63) is 66.7 Å². The van der Waals surface area contributed by atoms with E-state index in [1.54, 1.807) is 24.3 Å². The van der Waals surface area contributed by atoms with Gasteiger partial charge in [-0.2, -0.15) is 4.31 Å². The van der Waals surface area contributed by atoms with E-state index >= 15 is 0 Å². The average molecular weight is 428 g/mol. The highest BCUT2D eigenvalue weighted by Gasteiger charge is 2.26. The molecule has 8 heteroatoms. The van der Waals surface area contributed by atoms with E-state index in [1.165, 1.54) is 4.31 Å². The van der Waals surface area contributed by atoms with Crippen LogP contribution in [0.2, 0.25) is 0 Å². The Hall–Kier alpha value is -2.52. The van der Waals surface area contributed by atoms with Gasteiger partial charge in [0.2, 0.25) is 10.0 Å². The second kappa shape index (κ2) is 8.46. The van der Waals surface area contributed by atoms with E-state index in [1.807, 2.05) is 36.4 Å². The molecule has 0 radical (unpaired) electrons. The topological polar surface area (TPSA) is 70.7 Å². The van der Waals surface area contributed by atoms with Crippen LogP contribution in [0.5, 0.6) is 0 Å². The van der Waals surface area contributed by atoms with Crippen molar-refractivity contribution in [3.8, 4) is 0 Å². The summed E-state index contributed by atoms with van der Waals surface area (Å²) in [5.41, 5.74) is 1.59. The van der Waals surface area contributed by atoms with Crippen molar-refractivity contribution in [2.75, 3.05) is 36.9 Å². The Morgan fingerprint density at radius 3 is 2.21 bits per heavy atom. The summed E-state index contributed by atoms with van der Waals surface area (Å²) in [7, 11) is -3.50. The minimum atomic E-state index is -3.50. The summed E-state index contributed by atoms with van der Waals surface area (Å²) in [5, 5.41) is 8.97.